The van der Waals surface area contributed by atoms with Crippen molar-refractivity contribution in [2.24, 2.45) is 0 Å². The molecule has 0 aliphatic rings. The number of methoxy groups -OCH3 is 1. The van der Waals surface area contributed by atoms with Crippen LogP contribution in [0.1, 0.15) is 18.4 Å². The molecule has 4 heteroatoms. The van der Waals surface area contributed by atoms with Gasteiger partial charge in [0.1, 0.15) is 0 Å². The van der Waals surface area contributed by atoms with Crippen LogP contribution < -0.4 is 4.74 Å². The van der Waals surface area contributed by atoms with E-state index in [1.807, 2.05) is 6.92 Å². The van der Waals surface area contributed by atoms with Gasteiger partial charge in [-0.05, 0) is 12.1 Å². The van der Waals surface area contributed by atoms with Crippen LogP contribution in [-0.2, 0) is 0 Å². The van der Waals surface area contributed by atoms with E-state index in [-0.39, 0.29) is 18.3 Å². The SMILES string of the molecule is COc1c(O)ccc(Cl)c1C(C)CO. The van der Waals surface area contributed by atoms with Gasteiger partial charge in [0, 0.05) is 23.1 Å². The number of phenolic OH excluding ortho intramolecular Hbond substituents is 1. The molecule has 78 valence electrons. The van der Waals surface area contributed by atoms with E-state index in [1.165, 1.54) is 13.2 Å². The summed E-state index contributed by atoms with van der Waals surface area (Å²) >= 11 is 5.95. The molecule has 1 unspecified atom stereocenters. The summed E-state index contributed by atoms with van der Waals surface area (Å²) in [5, 5.41) is 19.0. The van der Waals surface area contributed by atoms with Gasteiger partial charge in [0.15, 0.2) is 11.5 Å². The molecule has 0 fully saturated rings. The predicted octanol–water partition coefficient (Wildman–Crippen LogP) is 2.15. The third-order valence-electron chi connectivity index (χ3n) is 2.09. The predicted molar refractivity (Wildman–Crippen MR) is 55.2 cm³/mol. The van der Waals surface area contributed by atoms with Gasteiger partial charge in [-0.1, -0.05) is 18.5 Å². The molecule has 0 aromatic heterocycles. The van der Waals surface area contributed by atoms with Crippen molar-refractivity contribution in [2.45, 2.75) is 12.8 Å². The lowest BCUT2D eigenvalue weighted by Gasteiger charge is -2.16. The molecule has 14 heavy (non-hydrogen) atoms. The number of halogens is 1. The summed E-state index contributed by atoms with van der Waals surface area (Å²) in [4.78, 5) is 0. The Labute approximate surface area is 87.9 Å². The average Bonchev–Trinajstić information content (AvgIpc) is 2.19. The van der Waals surface area contributed by atoms with Crippen LogP contribution >= 0.6 is 11.6 Å². The molecule has 0 aliphatic heterocycles. The lowest BCUT2D eigenvalue weighted by molar-refractivity contribution is 0.268. The van der Waals surface area contributed by atoms with E-state index < -0.39 is 0 Å². The fourth-order valence-electron chi connectivity index (χ4n) is 1.33. The van der Waals surface area contributed by atoms with Gasteiger partial charge < -0.3 is 14.9 Å². The second-order valence-corrected chi connectivity index (χ2v) is 3.50. The minimum Gasteiger partial charge on any atom is -0.504 e. The maximum atomic E-state index is 9.49. The van der Waals surface area contributed by atoms with Crippen LogP contribution in [-0.4, -0.2) is 23.9 Å². The highest BCUT2D eigenvalue weighted by atomic mass is 35.5. The molecule has 1 rings (SSSR count). The average molecular weight is 217 g/mol. The Bertz CT molecular complexity index is 325. The lowest BCUT2D eigenvalue weighted by Crippen LogP contribution is -2.03. The molecule has 2 N–H and O–H groups in total. The number of aliphatic hydroxyl groups excluding tert-OH is 1. The first-order valence-corrected chi connectivity index (χ1v) is 4.65. The van der Waals surface area contributed by atoms with Gasteiger partial charge in [-0.2, -0.15) is 0 Å². The van der Waals surface area contributed by atoms with Gasteiger partial charge in [-0.3, -0.25) is 0 Å². The summed E-state index contributed by atoms with van der Waals surface area (Å²) < 4.78 is 5.03. The minimum atomic E-state index is -0.162. The van der Waals surface area contributed by atoms with Gasteiger partial charge in [-0.25, -0.2) is 0 Å². The first kappa shape index (κ1) is 11.1. The smallest absolute Gasteiger partial charge is 0.165 e. The molecule has 0 saturated carbocycles. The van der Waals surface area contributed by atoms with E-state index in [2.05, 4.69) is 0 Å². The third-order valence-corrected chi connectivity index (χ3v) is 2.42. The first-order chi connectivity index (χ1) is 6.61. The Morgan fingerprint density at radius 1 is 1.50 bits per heavy atom. The molecule has 1 aromatic rings. The third kappa shape index (κ3) is 1.94. The monoisotopic (exact) mass is 216 g/mol. The molecule has 0 amide bonds. The van der Waals surface area contributed by atoms with Crippen molar-refractivity contribution in [1.29, 1.82) is 0 Å². The Balaban J connectivity index is 3.29. The van der Waals surface area contributed by atoms with Crippen molar-refractivity contribution < 1.29 is 14.9 Å². The van der Waals surface area contributed by atoms with Crippen molar-refractivity contribution in [3.8, 4) is 11.5 Å². The van der Waals surface area contributed by atoms with Crippen LogP contribution in [0.3, 0.4) is 0 Å². The summed E-state index contributed by atoms with van der Waals surface area (Å²) in [5.74, 6) is 0.204. The number of rotatable bonds is 3. The molecule has 1 atom stereocenters. The van der Waals surface area contributed by atoms with Crippen molar-refractivity contribution >= 4 is 11.6 Å². The highest BCUT2D eigenvalue weighted by molar-refractivity contribution is 6.31. The quantitative estimate of drug-likeness (QED) is 0.814. The maximum absolute atomic E-state index is 9.49. The molecule has 0 spiro atoms. The van der Waals surface area contributed by atoms with Gasteiger partial charge in [0.25, 0.3) is 0 Å². The zero-order valence-corrected chi connectivity index (χ0v) is 8.88. The Hall–Kier alpha value is -0.930. The van der Waals surface area contributed by atoms with E-state index in [9.17, 15) is 5.11 Å². The molecule has 0 saturated heterocycles. The van der Waals surface area contributed by atoms with E-state index in [0.29, 0.717) is 16.3 Å². The molecular formula is C10H13ClO3. The van der Waals surface area contributed by atoms with Crippen molar-refractivity contribution in [1.82, 2.24) is 0 Å². The van der Waals surface area contributed by atoms with E-state index in [0.717, 1.165) is 0 Å². The second kappa shape index (κ2) is 4.53. The van der Waals surface area contributed by atoms with Crippen LogP contribution in [0.15, 0.2) is 12.1 Å². The number of ether oxygens (including phenoxy) is 1. The van der Waals surface area contributed by atoms with Gasteiger partial charge in [0.05, 0.1) is 7.11 Å². The summed E-state index contributed by atoms with van der Waals surface area (Å²) in [6.45, 7) is 1.77. The largest absolute Gasteiger partial charge is 0.504 e. The van der Waals surface area contributed by atoms with Crippen LogP contribution in [0.2, 0.25) is 5.02 Å². The van der Waals surface area contributed by atoms with Crippen LogP contribution in [0.4, 0.5) is 0 Å². The molecule has 1 aromatic carbocycles. The zero-order chi connectivity index (χ0) is 10.7. The molecule has 3 nitrogen and oxygen atoms in total. The highest BCUT2D eigenvalue weighted by Gasteiger charge is 2.17. The number of benzene rings is 1. The first-order valence-electron chi connectivity index (χ1n) is 4.28. The van der Waals surface area contributed by atoms with Gasteiger partial charge >= 0.3 is 0 Å². The topological polar surface area (TPSA) is 49.7 Å². The summed E-state index contributed by atoms with van der Waals surface area (Å²) in [5.41, 5.74) is 0.636. The van der Waals surface area contributed by atoms with Crippen LogP contribution in [0.5, 0.6) is 11.5 Å². The fourth-order valence-corrected chi connectivity index (χ4v) is 1.66. The zero-order valence-electron chi connectivity index (χ0n) is 8.12. The van der Waals surface area contributed by atoms with Crippen molar-refractivity contribution in [3.63, 3.8) is 0 Å². The molecule has 0 aliphatic carbocycles. The molecule has 0 radical (unpaired) electrons. The van der Waals surface area contributed by atoms with Crippen LogP contribution in [0, 0.1) is 0 Å². The molecular weight excluding hydrogens is 204 g/mol. The number of hydrogen-bond acceptors (Lipinski definition) is 3. The summed E-state index contributed by atoms with van der Waals surface area (Å²) in [7, 11) is 1.46. The summed E-state index contributed by atoms with van der Waals surface area (Å²) in [6.07, 6.45) is 0. The highest BCUT2D eigenvalue weighted by Crippen LogP contribution is 2.39. The maximum Gasteiger partial charge on any atom is 0.165 e. The van der Waals surface area contributed by atoms with E-state index >= 15 is 0 Å². The van der Waals surface area contributed by atoms with E-state index in [1.54, 1.807) is 6.07 Å². The fraction of sp³-hybridized carbons (Fsp3) is 0.400. The normalized spacial score (nSPS) is 12.6. The van der Waals surface area contributed by atoms with Crippen molar-refractivity contribution in [3.05, 3.63) is 22.7 Å². The van der Waals surface area contributed by atoms with Crippen molar-refractivity contribution in [2.75, 3.05) is 13.7 Å². The van der Waals surface area contributed by atoms with E-state index in [4.69, 9.17) is 21.4 Å². The van der Waals surface area contributed by atoms with Gasteiger partial charge in [0.2, 0.25) is 0 Å². The number of hydrogen-bond donors (Lipinski definition) is 2. The number of phenols is 1. The number of aliphatic hydroxyl groups is 1. The summed E-state index contributed by atoms with van der Waals surface area (Å²) in [6, 6.07) is 3.05. The lowest BCUT2D eigenvalue weighted by atomic mass is 10.0. The standard InChI is InChI=1S/C10H13ClO3/c1-6(5-12)9-7(11)3-4-8(13)10(9)14-2/h3-4,6,12-13H,5H2,1-2H3. The van der Waals surface area contributed by atoms with Crippen LogP contribution in [0.25, 0.3) is 0 Å². The second-order valence-electron chi connectivity index (χ2n) is 3.10. The minimum absolute atomic E-state index is 0.0344. The Morgan fingerprint density at radius 2 is 2.14 bits per heavy atom. The Kier molecular flexibility index (Phi) is 3.61. The molecule has 0 heterocycles. The molecule has 0 bridgehead atoms. The Morgan fingerprint density at radius 3 is 2.64 bits per heavy atom. The van der Waals surface area contributed by atoms with Gasteiger partial charge in [-0.15, -0.1) is 0 Å². The number of aromatic hydroxyl groups is 1.